The van der Waals surface area contributed by atoms with E-state index < -0.39 is 30.4 Å². The summed E-state index contributed by atoms with van der Waals surface area (Å²) < 4.78 is 24.4. The molecule has 2 aliphatic rings. The number of thioether (sulfide) groups is 1. The number of rotatable bonds is 8. The predicted octanol–water partition coefficient (Wildman–Crippen LogP) is 4.60. The molecule has 0 spiro atoms. The lowest BCUT2D eigenvalue weighted by atomic mass is 10.0. The second-order valence-electron chi connectivity index (χ2n) is 7.78. The molecule has 5 nitrogen and oxygen atoms in total. The Labute approximate surface area is 191 Å². The van der Waals surface area contributed by atoms with Crippen LogP contribution in [0, 0.1) is 0 Å². The first-order chi connectivity index (χ1) is 15.8. The van der Waals surface area contributed by atoms with E-state index in [2.05, 4.69) is 0 Å². The first kappa shape index (κ1) is 21.2. The first-order valence-corrected chi connectivity index (χ1v) is 11.5. The van der Waals surface area contributed by atoms with Gasteiger partial charge in [0, 0.05) is 4.90 Å². The van der Waals surface area contributed by atoms with Crippen LogP contribution < -0.4 is 0 Å². The monoisotopic (exact) mass is 448 g/mol. The van der Waals surface area contributed by atoms with Crippen molar-refractivity contribution in [3.05, 3.63) is 102 Å². The van der Waals surface area contributed by atoms with Crippen molar-refractivity contribution in [2.45, 2.75) is 48.0 Å². The van der Waals surface area contributed by atoms with Gasteiger partial charge in [0.2, 0.25) is 0 Å². The maximum atomic E-state index is 12.6. The van der Waals surface area contributed by atoms with Crippen LogP contribution in [0.15, 0.2) is 95.9 Å². The van der Waals surface area contributed by atoms with Gasteiger partial charge in [-0.15, -0.1) is 0 Å². The highest BCUT2D eigenvalue weighted by molar-refractivity contribution is 7.99. The van der Waals surface area contributed by atoms with E-state index >= 15 is 0 Å². The van der Waals surface area contributed by atoms with Crippen molar-refractivity contribution in [3.63, 3.8) is 0 Å². The number of fused-ring (bicyclic) bond motifs is 2. The Morgan fingerprint density at radius 1 is 0.719 bits per heavy atom. The fraction of sp³-hybridized carbons (Fsp3) is 0.269. The number of carbonyl (C=O) groups excluding carboxylic acids is 1. The Morgan fingerprint density at radius 3 is 1.84 bits per heavy atom. The number of carbonyl (C=O) groups is 1. The Hall–Kier alpha value is -2.64. The minimum atomic E-state index is -0.763. The van der Waals surface area contributed by atoms with E-state index in [0.29, 0.717) is 13.2 Å². The highest BCUT2D eigenvalue weighted by Gasteiger charge is 2.58. The summed E-state index contributed by atoms with van der Waals surface area (Å²) >= 11 is 1.54. The lowest BCUT2D eigenvalue weighted by molar-refractivity contribution is -0.182. The molecule has 0 unspecified atom stereocenters. The van der Waals surface area contributed by atoms with Crippen LogP contribution in [0.2, 0.25) is 0 Å². The molecule has 0 N–H and O–H groups in total. The molecule has 2 fully saturated rings. The lowest BCUT2D eigenvalue weighted by Crippen LogP contribution is -2.54. The normalized spacial score (nSPS) is 26.6. The SMILES string of the molecule is O=C1O[C@H]2[C@@H](OCc3ccccc3)[C@@H]1O[C@@H](Sc1ccccc1)[C@@H]2OCc1ccccc1. The van der Waals surface area contributed by atoms with Crippen LogP contribution in [0.4, 0.5) is 0 Å². The van der Waals surface area contributed by atoms with Crippen molar-refractivity contribution < 1.29 is 23.7 Å². The molecule has 164 valence electrons. The van der Waals surface area contributed by atoms with E-state index in [1.54, 1.807) is 0 Å². The molecule has 0 amide bonds. The van der Waals surface area contributed by atoms with Crippen LogP contribution in [-0.4, -0.2) is 35.8 Å². The van der Waals surface area contributed by atoms with E-state index in [0.717, 1.165) is 16.0 Å². The zero-order chi connectivity index (χ0) is 21.8. The second-order valence-corrected chi connectivity index (χ2v) is 8.95. The van der Waals surface area contributed by atoms with E-state index in [-0.39, 0.29) is 5.44 Å². The molecule has 5 atom stereocenters. The molecule has 2 bridgehead atoms. The fourth-order valence-electron chi connectivity index (χ4n) is 3.96. The Bertz CT molecular complexity index is 1010. The van der Waals surface area contributed by atoms with Gasteiger partial charge in [0.05, 0.1) is 13.2 Å². The summed E-state index contributed by atoms with van der Waals surface area (Å²) in [6, 6.07) is 29.8. The third-order valence-electron chi connectivity index (χ3n) is 5.55. The van der Waals surface area contributed by atoms with Gasteiger partial charge in [-0.05, 0) is 23.3 Å². The second kappa shape index (κ2) is 9.88. The largest absolute Gasteiger partial charge is 0.455 e. The van der Waals surface area contributed by atoms with Crippen LogP contribution >= 0.6 is 11.8 Å². The molecule has 0 aromatic heterocycles. The Balaban J connectivity index is 1.35. The molecule has 6 heteroatoms. The minimum Gasteiger partial charge on any atom is -0.455 e. The summed E-state index contributed by atoms with van der Waals surface area (Å²) in [7, 11) is 0. The van der Waals surface area contributed by atoms with Gasteiger partial charge in [-0.2, -0.15) is 0 Å². The van der Waals surface area contributed by atoms with Gasteiger partial charge < -0.3 is 18.9 Å². The summed E-state index contributed by atoms with van der Waals surface area (Å²) in [4.78, 5) is 13.6. The maximum Gasteiger partial charge on any atom is 0.338 e. The van der Waals surface area contributed by atoms with Crippen molar-refractivity contribution >= 4 is 17.7 Å². The van der Waals surface area contributed by atoms with Crippen LogP contribution in [-0.2, 0) is 37.0 Å². The first-order valence-electron chi connectivity index (χ1n) is 10.7. The third kappa shape index (κ3) is 4.74. The van der Waals surface area contributed by atoms with E-state index in [1.165, 1.54) is 11.8 Å². The standard InChI is InChI=1S/C26H24O5S/c27-25-23-21(28-16-18-10-4-1-5-11-18)22(30-25)24(29-17-19-12-6-2-7-13-19)26(31-23)32-20-14-8-3-9-15-20/h1-15,21-24,26H,16-17H2/t21-,22+,23+,24-,26+/m1/s1. The molecule has 32 heavy (non-hydrogen) atoms. The minimum absolute atomic E-state index is 0.375. The van der Waals surface area contributed by atoms with Gasteiger partial charge in [-0.3, -0.25) is 0 Å². The van der Waals surface area contributed by atoms with Gasteiger partial charge in [0.15, 0.2) is 12.2 Å². The van der Waals surface area contributed by atoms with E-state index in [4.69, 9.17) is 18.9 Å². The van der Waals surface area contributed by atoms with Crippen molar-refractivity contribution in [2.24, 2.45) is 0 Å². The van der Waals surface area contributed by atoms with Crippen LogP contribution in [0.3, 0.4) is 0 Å². The molecule has 2 saturated heterocycles. The number of benzene rings is 3. The molecular weight excluding hydrogens is 424 g/mol. The summed E-state index contributed by atoms with van der Waals surface area (Å²) in [5, 5.41) is 0. The molecule has 2 aliphatic heterocycles. The summed E-state index contributed by atoms with van der Waals surface area (Å²) in [5.74, 6) is -0.391. The number of ether oxygens (including phenoxy) is 4. The van der Waals surface area contributed by atoms with Gasteiger partial charge >= 0.3 is 5.97 Å². The summed E-state index contributed by atoms with van der Waals surface area (Å²) in [6.45, 7) is 0.769. The topological polar surface area (TPSA) is 54.0 Å². The predicted molar refractivity (Wildman–Crippen MR) is 121 cm³/mol. The van der Waals surface area contributed by atoms with E-state index in [9.17, 15) is 4.79 Å². The molecule has 0 aliphatic carbocycles. The zero-order valence-electron chi connectivity index (χ0n) is 17.4. The zero-order valence-corrected chi connectivity index (χ0v) is 18.2. The maximum absolute atomic E-state index is 12.6. The number of hydrogen-bond donors (Lipinski definition) is 0. The highest BCUT2D eigenvalue weighted by atomic mass is 32.2. The summed E-state index contributed by atoms with van der Waals surface area (Å²) in [6.07, 6.45) is -2.28. The quantitative estimate of drug-likeness (QED) is 0.470. The van der Waals surface area contributed by atoms with Crippen molar-refractivity contribution in [1.29, 1.82) is 0 Å². The van der Waals surface area contributed by atoms with Gasteiger partial charge in [-0.25, -0.2) is 4.79 Å². The average molecular weight is 449 g/mol. The van der Waals surface area contributed by atoms with Crippen LogP contribution in [0.1, 0.15) is 11.1 Å². The number of esters is 1. The number of hydrogen-bond acceptors (Lipinski definition) is 6. The van der Waals surface area contributed by atoms with Gasteiger partial charge in [-0.1, -0.05) is 90.6 Å². The van der Waals surface area contributed by atoms with Crippen LogP contribution in [0.5, 0.6) is 0 Å². The molecule has 2 heterocycles. The average Bonchev–Trinajstić information content (AvgIpc) is 3.07. The smallest absolute Gasteiger partial charge is 0.338 e. The molecular formula is C26H24O5S. The van der Waals surface area contributed by atoms with Crippen molar-refractivity contribution in [3.8, 4) is 0 Å². The van der Waals surface area contributed by atoms with Gasteiger partial charge in [0.1, 0.15) is 17.6 Å². The van der Waals surface area contributed by atoms with Crippen molar-refractivity contribution in [1.82, 2.24) is 0 Å². The van der Waals surface area contributed by atoms with Crippen LogP contribution in [0.25, 0.3) is 0 Å². The van der Waals surface area contributed by atoms with E-state index in [1.807, 2.05) is 91.0 Å². The lowest BCUT2D eigenvalue weighted by Gasteiger charge is -2.38. The molecule has 5 rings (SSSR count). The Morgan fingerprint density at radius 2 is 1.25 bits per heavy atom. The molecule has 0 saturated carbocycles. The molecule has 0 radical (unpaired) electrons. The third-order valence-corrected chi connectivity index (χ3v) is 6.70. The summed E-state index contributed by atoms with van der Waals surface area (Å²) in [5.41, 5.74) is 1.69. The molecule has 3 aromatic carbocycles. The highest BCUT2D eigenvalue weighted by Crippen LogP contribution is 2.41. The molecule has 3 aromatic rings. The fourth-order valence-corrected chi connectivity index (χ4v) is 5.08. The van der Waals surface area contributed by atoms with Gasteiger partial charge in [0.25, 0.3) is 0 Å². The van der Waals surface area contributed by atoms with Crippen molar-refractivity contribution in [2.75, 3.05) is 0 Å². The Kier molecular flexibility index (Phi) is 6.55.